The second kappa shape index (κ2) is 6.79. The monoisotopic (exact) mass is 387 g/mol. The van der Waals surface area contributed by atoms with Crippen LogP contribution in [-0.4, -0.2) is 37.6 Å². The molecule has 0 fully saturated rings. The summed E-state index contributed by atoms with van der Waals surface area (Å²) >= 11 is 0. The maximum Gasteiger partial charge on any atom is 0.288 e. The number of nitrogens with zero attached hydrogens (tertiary/aromatic N) is 3. The van der Waals surface area contributed by atoms with Crippen molar-refractivity contribution in [2.75, 3.05) is 12.3 Å². The third-order valence-corrected chi connectivity index (χ3v) is 4.79. The van der Waals surface area contributed by atoms with Crippen molar-refractivity contribution in [2.24, 2.45) is 0 Å². The Kier molecular flexibility index (Phi) is 3.98. The molecule has 0 radical (unpaired) electrons. The molecule has 0 unspecified atom stereocenters. The Morgan fingerprint density at radius 1 is 1.21 bits per heavy atom. The summed E-state index contributed by atoms with van der Waals surface area (Å²) in [7, 11) is 0. The number of carbonyl (C=O) groups is 1. The Hall–Kier alpha value is -4.14. The molecule has 5 rings (SSSR count). The molecule has 0 atom stereocenters. The number of hydrogen-bond donors (Lipinski definition) is 4. The van der Waals surface area contributed by atoms with Gasteiger partial charge in [-0.3, -0.25) is 9.89 Å². The van der Waals surface area contributed by atoms with E-state index in [1.807, 2.05) is 30.3 Å². The Morgan fingerprint density at radius 2 is 2.14 bits per heavy atom. The zero-order chi connectivity index (χ0) is 19.8. The number of benzene rings is 1. The fourth-order valence-electron chi connectivity index (χ4n) is 3.39. The van der Waals surface area contributed by atoms with Gasteiger partial charge in [0.05, 0.1) is 22.9 Å². The minimum atomic E-state index is -0.295. The van der Waals surface area contributed by atoms with Crippen LogP contribution in [0.25, 0.3) is 33.1 Å². The Morgan fingerprint density at radius 3 is 2.93 bits per heavy atom. The van der Waals surface area contributed by atoms with Gasteiger partial charge in [0.15, 0.2) is 6.39 Å². The smallest absolute Gasteiger partial charge is 0.288 e. The number of hydrogen-bond acceptors (Lipinski definition) is 6. The third kappa shape index (κ3) is 3.08. The van der Waals surface area contributed by atoms with Crippen LogP contribution in [0.15, 0.2) is 53.5 Å². The Bertz CT molecular complexity index is 1300. The average molecular weight is 387 g/mol. The van der Waals surface area contributed by atoms with E-state index >= 15 is 0 Å². The van der Waals surface area contributed by atoms with E-state index in [4.69, 9.17) is 10.2 Å². The van der Waals surface area contributed by atoms with Crippen LogP contribution >= 0.6 is 0 Å². The van der Waals surface area contributed by atoms with Crippen molar-refractivity contribution in [3.8, 4) is 11.3 Å². The quantitative estimate of drug-likeness (QED) is 0.366. The zero-order valence-corrected chi connectivity index (χ0v) is 15.3. The van der Waals surface area contributed by atoms with Crippen LogP contribution < -0.4 is 11.1 Å². The molecule has 5 aromatic rings. The first-order valence-electron chi connectivity index (χ1n) is 9.07. The molecule has 0 aliphatic heterocycles. The van der Waals surface area contributed by atoms with Crippen LogP contribution in [0.1, 0.15) is 16.2 Å². The number of fused-ring (bicyclic) bond motifs is 3. The Balaban J connectivity index is 1.42. The predicted molar refractivity (Wildman–Crippen MR) is 108 cm³/mol. The molecule has 29 heavy (non-hydrogen) atoms. The lowest BCUT2D eigenvalue weighted by Crippen LogP contribution is -2.25. The molecule has 4 aromatic heterocycles. The summed E-state index contributed by atoms with van der Waals surface area (Å²) < 4.78 is 4.98. The van der Waals surface area contributed by atoms with E-state index in [1.54, 1.807) is 6.20 Å². The number of nitrogens with two attached hydrogens (primary N) is 1. The molecule has 144 valence electrons. The van der Waals surface area contributed by atoms with Gasteiger partial charge in [0.25, 0.3) is 5.91 Å². The highest BCUT2D eigenvalue weighted by atomic mass is 16.3. The number of H-pyrrole nitrogens is 2. The van der Waals surface area contributed by atoms with E-state index in [-0.39, 0.29) is 11.7 Å². The summed E-state index contributed by atoms with van der Waals surface area (Å²) in [6.07, 6.45) is 5.00. The normalized spacial score (nSPS) is 11.3. The van der Waals surface area contributed by atoms with Crippen LogP contribution in [0.3, 0.4) is 0 Å². The number of aromatic nitrogens is 5. The minimum Gasteiger partial charge on any atom is -0.438 e. The largest absolute Gasteiger partial charge is 0.438 e. The minimum absolute atomic E-state index is 0.189. The summed E-state index contributed by atoms with van der Waals surface area (Å²) in [5.74, 6) is 0.352. The molecule has 0 aliphatic rings. The lowest BCUT2D eigenvalue weighted by atomic mass is 10.1. The molecule has 0 saturated heterocycles. The van der Waals surface area contributed by atoms with Gasteiger partial charge in [0.1, 0.15) is 5.82 Å². The van der Waals surface area contributed by atoms with E-state index in [1.165, 1.54) is 12.6 Å². The molecule has 5 N–H and O–H groups in total. The summed E-state index contributed by atoms with van der Waals surface area (Å²) in [5.41, 5.74) is 10.7. The Labute approximate surface area is 164 Å². The van der Waals surface area contributed by atoms with Gasteiger partial charge in [-0.1, -0.05) is 12.1 Å². The fraction of sp³-hybridized carbons (Fsp3) is 0.100. The highest BCUT2D eigenvalue weighted by molar-refractivity contribution is 6.08. The molecule has 9 nitrogen and oxygen atoms in total. The van der Waals surface area contributed by atoms with Crippen molar-refractivity contribution < 1.29 is 9.21 Å². The van der Waals surface area contributed by atoms with Gasteiger partial charge in [-0.05, 0) is 18.2 Å². The van der Waals surface area contributed by atoms with Crippen LogP contribution in [-0.2, 0) is 6.42 Å². The predicted octanol–water partition coefficient (Wildman–Crippen LogP) is 2.65. The van der Waals surface area contributed by atoms with Gasteiger partial charge in [0, 0.05) is 41.2 Å². The van der Waals surface area contributed by atoms with Crippen molar-refractivity contribution in [2.45, 2.75) is 6.42 Å². The zero-order valence-electron chi connectivity index (χ0n) is 15.3. The molecule has 0 saturated carbocycles. The number of rotatable bonds is 5. The molecule has 1 amide bonds. The number of nitrogens with one attached hydrogen (secondary N) is 3. The SMILES string of the molecule is Nc1nc2cc(-c3cc[nH]n3)ccc2c2[nH]c(CCNC(=O)c3cnco3)cc12. The van der Waals surface area contributed by atoms with Crippen LogP contribution in [0.4, 0.5) is 5.82 Å². The average Bonchev–Trinajstić information content (AvgIpc) is 3.48. The summed E-state index contributed by atoms with van der Waals surface area (Å²) in [4.78, 5) is 23.6. The lowest BCUT2D eigenvalue weighted by Gasteiger charge is -2.04. The van der Waals surface area contributed by atoms with Crippen LogP contribution in [0.5, 0.6) is 0 Å². The number of nitrogen functional groups attached to an aromatic ring is 1. The summed E-state index contributed by atoms with van der Waals surface area (Å²) in [5, 5.41) is 11.7. The first-order valence-corrected chi connectivity index (χ1v) is 9.07. The van der Waals surface area contributed by atoms with E-state index in [2.05, 4.69) is 30.5 Å². The van der Waals surface area contributed by atoms with Gasteiger partial charge >= 0.3 is 0 Å². The number of anilines is 1. The number of aromatic amines is 2. The first kappa shape index (κ1) is 17.0. The van der Waals surface area contributed by atoms with Crippen molar-refractivity contribution in [3.05, 3.63) is 60.6 Å². The van der Waals surface area contributed by atoms with E-state index in [0.717, 1.165) is 38.8 Å². The molecule has 1 aromatic carbocycles. The van der Waals surface area contributed by atoms with Crippen molar-refractivity contribution in [1.29, 1.82) is 0 Å². The van der Waals surface area contributed by atoms with Gasteiger partial charge in [0.2, 0.25) is 5.76 Å². The standard InChI is InChI=1S/C20H17N7O2/c21-19-14-8-12(3-5-23-20(28)17-9-22-10-29-17)25-18(14)13-2-1-11(7-16(13)26-19)15-4-6-24-27-15/h1-2,4,6-10,25H,3,5H2,(H2,21,26)(H,23,28)(H,24,27). The lowest BCUT2D eigenvalue weighted by molar-refractivity contribution is 0.0926. The fourth-order valence-corrected chi connectivity index (χ4v) is 3.39. The number of amides is 1. The van der Waals surface area contributed by atoms with Crippen LogP contribution in [0.2, 0.25) is 0 Å². The van der Waals surface area contributed by atoms with E-state index in [0.29, 0.717) is 18.8 Å². The number of pyridine rings is 1. The van der Waals surface area contributed by atoms with Gasteiger partial charge in [-0.2, -0.15) is 5.10 Å². The molecule has 9 heteroatoms. The molecule has 0 aliphatic carbocycles. The summed E-state index contributed by atoms with van der Waals surface area (Å²) in [6, 6.07) is 9.87. The first-order chi connectivity index (χ1) is 14.2. The molecular weight excluding hydrogens is 370 g/mol. The van der Waals surface area contributed by atoms with Gasteiger partial charge in [-0.25, -0.2) is 9.97 Å². The number of oxazole rings is 1. The van der Waals surface area contributed by atoms with Gasteiger partial charge < -0.3 is 20.5 Å². The maximum atomic E-state index is 11.9. The molecule has 0 spiro atoms. The van der Waals surface area contributed by atoms with E-state index < -0.39 is 0 Å². The highest BCUT2D eigenvalue weighted by Crippen LogP contribution is 2.30. The van der Waals surface area contributed by atoms with Crippen molar-refractivity contribution >= 4 is 33.5 Å². The summed E-state index contributed by atoms with van der Waals surface area (Å²) in [6.45, 7) is 0.445. The third-order valence-electron chi connectivity index (χ3n) is 4.79. The molecule has 0 bridgehead atoms. The van der Waals surface area contributed by atoms with Crippen molar-refractivity contribution in [3.63, 3.8) is 0 Å². The second-order valence-electron chi connectivity index (χ2n) is 6.64. The second-order valence-corrected chi connectivity index (χ2v) is 6.64. The van der Waals surface area contributed by atoms with Gasteiger partial charge in [-0.15, -0.1) is 0 Å². The van der Waals surface area contributed by atoms with E-state index in [9.17, 15) is 4.79 Å². The maximum absolute atomic E-state index is 11.9. The number of carbonyl (C=O) groups excluding carboxylic acids is 1. The van der Waals surface area contributed by atoms with Crippen molar-refractivity contribution in [1.82, 2.24) is 30.5 Å². The van der Waals surface area contributed by atoms with Crippen LogP contribution in [0, 0.1) is 0 Å². The molecule has 4 heterocycles. The topological polar surface area (TPSA) is 139 Å². The molecular formula is C20H17N7O2. The highest BCUT2D eigenvalue weighted by Gasteiger charge is 2.13.